The number of hydrogen-bond acceptors (Lipinski definition) is 3. The second-order valence-electron chi connectivity index (χ2n) is 4.88. The lowest BCUT2D eigenvalue weighted by atomic mass is 10.1. The van der Waals surface area contributed by atoms with Crippen molar-refractivity contribution in [2.75, 3.05) is 32.8 Å². The fourth-order valence-corrected chi connectivity index (χ4v) is 2.08. The van der Waals surface area contributed by atoms with E-state index in [9.17, 15) is 4.79 Å². The molecule has 0 unspecified atom stereocenters. The van der Waals surface area contributed by atoms with Crippen LogP contribution >= 0.6 is 0 Å². The minimum absolute atomic E-state index is 0.0169. The maximum absolute atomic E-state index is 10.9. The Kier molecular flexibility index (Phi) is 5.36. The quantitative estimate of drug-likeness (QED) is 0.875. The van der Waals surface area contributed by atoms with Gasteiger partial charge >= 0.3 is 0 Å². The number of rotatable bonds is 2. The molecule has 2 aliphatic rings. The van der Waals surface area contributed by atoms with Crippen LogP contribution in [0, 0.1) is 0 Å². The summed E-state index contributed by atoms with van der Waals surface area (Å²) >= 11 is 0. The molecule has 1 aromatic rings. The van der Waals surface area contributed by atoms with Gasteiger partial charge in [0.1, 0.15) is 0 Å². The van der Waals surface area contributed by atoms with Crippen LogP contribution in [0.25, 0.3) is 0 Å². The molecular weight excluding hydrogens is 240 g/mol. The van der Waals surface area contributed by atoms with Crippen molar-refractivity contribution in [1.82, 2.24) is 4.90 Å². The first-order chi connectivity index (χ1) is 9.31. The maximum atomic E-state index is 10.9. The summed E-state index contributed by atoms with van der Waals surface area (Å²) in [6.45, 7) is 2.78. The van der Waals surface area contributed by atoms with Crippen molar-refractivity contribution in [2.24, 2.45) is 5.73 Å². The number of nitrogens with two attached hydrogens (primary N) is 1. The number of amides is 1. The normalized spacial score (nSPS) is 18.5. The topological polar surface area (TPSA) is 55.6 Å². The summed E-state index contributed by atoms with van der Waals surface area (Å²) in [4.78, 5) is 12.6. The highest BCUT2D eigenvalue weighted by molar-refractivity contribution is 5.78. The summed E-state index contributed by atoms with van der Waals surface area (Å²) in [5.41, 5.74) is 6.70. The van der Waals surface area contributed by atoms with Gasteiger partial charge in [-0.25, -0.2) is 0 Å². The highest BCUT2D eigenvalue weighted by Gasteiger charge is 2.22. The van der Waals surface area contributed by atoms with Crippen molar-refractivity contribution >= 4 is 5.91 Å². The van der Waals surface area contributed by atoms with Gasteiger partial charge in [-0.2, -0.15) is 0 Å². The third-order valence-corrected chi connectivity index (χ3v) is 3.39. The number of nitrogens with zero attached hydrogens (tertiary/aromatic N) is 1. The molecule has 1 heterocycles. The highest BCUT2D eigenvalue weighted by atomic mass is 16.5. The zero-order chi connectivity index (χ0) is 13.5. The minimum atomic E-state index is 0.0169. The lowest BCUT2D eigenvalue weighted by Crippen LogP contribution is -2.43. The van der Waals surface area contributed by atoms with Crippen LogP contribution in [0.3, 0.4) is 0 Å². The van der Waals surface area contributed by atoms with Gasteiger partial charge in [0, 0.05) is 13.1 Å². The number of morpholine rings is 1. The Morgan fingerprint density at radius 1 is 1.21 bits per heavy atom. The van der Waals surface area contributed by atoms with E-state index in [0.717, 1.165) is 5.92 Å². The smallest absolute Gasteiger partial charge is 0.236 e. The van der Waals surface area contributed by atoms with Gasteiger partial charge in [-0.15, -0.1) is 0 Å². The molecule has 2 N–H and O–H groups in total. The summed E-state index contributed by atoms with van der Waals surface area (Å²) < 4.78 is 5.06. The fourth-order valence-electron chi connectivity index (χ4n) is 2.08. The molecule has 4 nitrogen and oxygen atoms in total. The van der Waals surface area contributed by atoms with Gasteiger partial charge in [0.15, 0.2) is 0 Å². The van der Waals surface area contributed by atoms with Gasteiger partial charge in [0.25, 0.3) is 0 Å². The predicted molar refractivity (Wildman–Crippen MR) is 74.9 cm³/mol. The van der Waals surface area contributed by atoms with E-state index in [-0.39, 0.29) is 12.5 Å². The first-order valence-corrected chi connectivity index (χ1v) is 6.92. The van der Waals surface area contributed by atoms with E-state index < -0.39 is 0 Å². The zero-order valence-corrected chi connectivity index (χ0v) is 11.3. The van der Waals surface area contributed by atoms with Gasteiger partial charge in [-0.05, 0) is 24.3 Å². The van der Waals surface area contributed by atoms with Crippen molar-refractivity contribution in [2.45, 2.75) is 18.8 Å². The third-order valence-electron chi connectivity index (χ3n) is 3.39. The molecule has 0 spiro atoms. The van der Waals surface area contributed by atoms with Gasteiger partial charge in [-0.1, -0.05) is 30.3 Å². The molecule has 2 fully saturated rings. The molecule has 1 aliphatic heterocycles. The van der Waals surface area contributed by atoms with Crippen molar-refractivity contribution in [3.63, 3.8) is 0 Å². The molecule has 0 atom stereocenters. The third kappa shape index (κ3) is 4.65. The molecule has 1 amide bonds. The van der Waals surface area contributed by atoms with Crippen LogP contribution in [0.1, 0.15) is 24.3 Å². The molecule has 4 heteroatoms. The standard InChI is InChI=1S/C9H10.C6H12N2O2/c1-2-4-8(5-3-1)9-6-7-9;7-5-6(9)8-1-3-10-4-2-8/h1-5,9H,6-7H2;1-5,7H2. The molecule has 104 valence electrons. The molecule has 3 rings (SSSR count). The lowest BCUT2D eigenvalue weighted by Gasteiger charge is -2.26. The number of benzene rings is 1. The molecule has 0 aromatic heterocycles. The van der Waals surface area contributed by atoms with Crippen LogP contribution in [0.15, 0.2) is 30.3 Å². The Labute approximate surface area is 114 Å². The first kappa shape index (κ1) is 14.0. The van der Waals surface area contributed by atoms with E-state index in [0.29, 0.717) is 26.3 Å². The summed E-state index contributed by atoms with van der Waals surface area (Å²) in [5, 5.41) is 0. The zero-order valence-electron chi connectivity index (χ0n) is 11.3. The van der Waals surface area contributed by atoms with Crippen LogP contribution in [0.5, 0.6) is 0 Å². The van der Waals surface area contributed by atoms with Crippen molar-refractivity contribution in [3.8, 4) is 0 Å². The molecule has 1 aliphatic carbocycles. The Balaban J connectivity index is 0.000000141. The second-order valence-corrected chi connectivity index (χ2v) is 4.88. The highest BCUT2D eigenvalue weighted by Crippen LogP contribution is 2.39. The lowest BCUT2D eigenvalue weighted by molar-refractivity contribution is -0.133. The summed E-state index contributed by atoms with van der Waals surface area (Å²) in [6.07, 6.45) is 2.81. The van der Waals surface area contributed by atoms with E-state index in [4.69, 9.17) is 10.5 Å². The largest absolute Gasteiger partial charge is 0.378 e. The summed E-state index contributed by atoms with van der Waals surface area (Å²) in [6, 6.07) is 10.8. The fraction of sp³-hybridized carbons (Fsp3) is 0.533. The van der Waals surface area contributed by atoms with Crippen LogP contribution in [-0.2, 0) is 9.53 Å². The molecule has 1 saturated heterocycles. The Morgan fingerprint density at radius 2 is 1.84 bits per heavy atom. The first-order valence-electron chi connectivity index (χ1n) is 6.92. The second kappa shape index (κ2) is 7.26. The van der Waals surface area contributed by atoms with E-state index in [1.54, 1.807) is 4.90 Å². The predicted octanol–water partition coefficient (Wildman–Crippen LogP) is 1.37. The van der Waals surface area contributed by atoms with Gasteiger partial charge in [-0.3, -0.25) is 4.79 Å². The minimum Gasteiger partial charge on any atom is -0.378 e. The summed E-state index contributed by atoms with van der Waals surface area (Å²) in [5.74, 6) is 0.925. The maximum Gasteiger partial charge on any atom is 0.236 e. The number of carbonyl (C=O) groups is 1. The van der Waals surface area contributed by atoms with Crippen molar-refractivity contribution in [1.29, 1.82) is 0 Å². The monoisotopic (exact) mass is 262 g/mol. The molecule has 1 aromatic carbocycles. The molecule has 0 radical (unpaired) electrons. The average Bonchev–Trinajstić information content (AvgIpc) is 3.34. The Bertz CT molecular complexity index is 384. The Morgan fingerprint density at radius 3 is 2.37 bits per heavy atom. The van der Waals surface area contributed by atoms with Crippen LogP contribution in [-0.4, -0.2) is 43.7 Å². The number of carbonyl (C=O) groups excluding carboxylic acids is 1. The molecule has 1 saturated carbocycles. The SMILES string of the molecule is NCC(=O)N1CCOCC1.c1ccc(C2CC2)cc1. The molecular formula is C15H22N2O2. The van der Waals surface area contributed by atoms with Crippen LogP contribution in [0.2, 0.25) is 0 Å². The van der Waals surface area contributed by atoms with E-state index in [1.807, 2.05) is 0 Å². The van der Waals surface area contributed by atoms with Crippen LogP contribution < -0.4 is 5.73 Å². The van der Waals surface area contributed by atoms with Crippen LogP contribution in [0.4, 0.5) is 0 Å². The van der Waals surface area contributed by atoms with E-state index in [1.165, 1.54) is 18.4 Å². The number of hydrogen-bond donors (Lipinski definition) is 1. The Hall–Kier alpha value is -1.39. The number of ether oxygens (including phenoxy) is 1. The van der Waals surface area contributed by atoms with E-state index >= 15 is 0 Å². The van der Waals surface area contributed by atoms with Gasteiger partial charge < -0.3 is 15.4 Å². The summed E-state index contributed by atoms with van der Waals surface area (Å²) in [7, 11) is 0. The molecule has 0 bridgehead atoms. The van der Waals surface area contributed by atoms with Gasteiger partial charge in [0.2, 0.25) is 5.91 Å². The molecule has 19 heavy (non-hydrogen) atoms. The van der Waals surface area contributed by atoms with E-state index in [2.05, 4.69) is 30.3 Å². The van der Waals surface area contributed by atoms with Crippen molar-refractivity contribution in [3.05, 3.63) is 35.9 Å². The van der Waals surface area contributed by atoms with Crippen molar-refractivity contribution < 1.29 is 9.53 Å². The van der Waals surface area contributed by atoms with Gasteiger partial charge in [0.05, 0.1) is 19.8 Å². The average molecular weight is 262 g/mol.